The minimum Gasteiger partial charge on any atom is -0.468 e. The molecule has 4 heteroatoms. The van der Waals surface area contributed by atoms with Crippen molar-refractivity contribution >= 4 is 5.97 Å². The van der Waals surface area contributed by atoms with Gasteiger partial charge in [-0.05, 0) is 67.3 Å². The van der Waals surface area contributed by atoms with Crippen LogP contribution in [0, 0.1) is 23.2 Å². The maximum Gasteiger partial charge on any atom is 0.325 e. The number of carbonyl (C=O) groups is 1. The molecule has 1 atom stereocenters. The lowest BCUT2D eigenvalue weighted by Crippen LogP contribution is -2.59. The van der Waals surface area contributed by atoms with Crippen LogP contribution in [0.3, 0.4) is 0 Å². The van der Waals surface area contributed by atoms with Crippen molar-refractivity contribution in [2.45, 2.75) is 51.2 Å². The SMILES string of the molecule is COC(=O)C(NOCc1ccccc1)C12CC3CC(CC(C3)C1)C2. The van der Waals surface area contributed by atoms with Crippen LogP contribution >= 0.6 is 0 Å². The van der Waals surface area contributed by atoms with E-state index in [0.29, 0.717) is 6.61 Å². The fraction of sp³-hybridized carbons (Fsp3) is 0.650. The average molecular weight is 329 g/mol. The predicted molar refractivity (Wildman–Crippen MR) is 90.8 cm³/mol. The van der Waals surface area contributed by atoms with Crippen molar-refractivity contribution in [3.63, 3.8) is 0 Å². The second-order valence-electron chi connectivity index (χ2n) is 8.13. The largest absolute Gasteiger partial charge is 0.468 e. The van der Waals surface area contributed by atoms with Crippen LogP contribution in [0.15, 0.2) is 30.3 Å². The van der Waals surface area contributed by atoms with Gasteiger partial charge in [-0.1, -0.05) is 30.3 Å². The predicted octanol–water partition coefficient (Wildman–Crippen LogP) is 3.47. The summed E-state index contributed by atoms with van der Waals surface area (Å²) in [5.74, 6) is 2.20. The first-order chi connectivity index (χ1) is 11.7. The standard InChI is InChI=1S/C20H27NO3/c1-23-19(22)18(21-24-13-14-5-3-2-4-6-14)20-10-15-7-16(11-20)9-17(8-15)12-20/h2-6,15-18,21H,7-13H2,1H3. The number of nitrogens with one attached hydrogen (secondary N) is 1. The maximum absolute atomic E-state index is 12.5. The topological polar surface area (TPSA) is 47.6 Å². The van der Waals surface area contributed by atoms with E-state index in [0.717, 1.165) is 42.6 Å². The van der Waals surface area contributed by atoms with E-state index in [1.807, 2.05) is 30.3 Å². The summed E-state index contributed by atoms with van der Waals surface area (Å²) in [5, 5.41) is 0. The number of methoxy groups -OCH3 is 1. The molecule has 4 aliphatic carbocycles. The van der Waals surface area contributed by atoms with E-state index >= 15 is 0 Å². The molecule has 0 amide bonds. The van der Waals surface area contributed by atoms with Crippen molar-refractivity contribution < 1.29 is 14.4 Å². The summed E-state index contributed by atoms with van der Waals surface area (Å²) in [7, 11) is 1.48. The Labute approximate surface area is 143 Å². The summed E-state index contributed by atoms with van der Waals surface area (Å²) in [5.41, 5.74) is 4.22. The molecule has 0 radical (unpaired) electrons. The van der Waals surface area contributed by atoms with Gasteiger partial charge < -0.3 is 4.74 Å². The van der Waals surface area contributed by atoms with E-state index in [1.165, 1.54) is 26.4 Å². The summed E-state index contributed by atoms with van der Waals surface area (Å²) in [6.45, 7) is 0.459. The molecular weight excluding hydrogens is 302 g/mol. The third-order valence-corrected chi connectivity index (χ3v) is 6.42. The van der Waals surface area contributed by atoms with Crippen molar-refractivity contribution in [2.75, 3.05) is 7.11 Å². The van der Waals surface area contributed by atoms with Crippen LogP contribution in [0.25, 0.3) is 0 Å². The van der Waals surface area contributed by atoms with Crippen molar-refractivity contribution in [1.29, 1.82) is 0 Å². The van der Waals surface area contributed by atoms with Crippen LogP contribution in [-0.4, -0.2) is 19.1 Å². The van der Waals surface area contributed by atoms with Gasteiger partial charge in [0.05, 0.1) is 13.7 Å². The Morgan fingerprint density at radius 3 is 2.25 bits per heavy atom. The zero-order valence-electron chi connectivity index (χ0n) is 14.4. The molecule has 5 rings (SSSR count). The number of carbonyl (C=O) groups excluding carboxylic acids is 1. The highest BCUT2D eigenvalue weighted by Crippen LogP contribution is 2.61. The third kappa shape index (κ3) is 2.98. The van der Waals surface area contributed by atoms with Crippen LogP contribution < -0.4 is 5.48 Å². The van der Waals surface area contributed by atoms with Gasteiger partial charge in [0.1, 0.15) is 6.04 Å². The van der Waals surface area contributed by atoms with Gasteiger partial charge in [0.2, 0.25) is 0 Å². The zero-order valence-corrected chi connectivity index (χ0v) is 14.4. The molecule has 0 aliphatic heterocycles. The molecule has 0 heterocycles. The van der Waals surface area contributed by atoms with Crippen LogP contribution in [0.4, 0.5) is 0 Å². The number of ether oxygens (including phenoxy) is 1. The first-order valence-corrected chi connectivity index (χ1v) is 9.17. The second-order valence-corrected chi connectivity index (χ2v) is 8.13. The summed E-state index contributed by atoms with van der Waals surface area (Å²) >= 11 is 0. The Morgan fingerprint density at radius 2 is 1.71 bits per heavy atom. The molecule has 4 aliphatic rings. The maximum atomic E-state index is 12.5. The highest BCUT2D eigenvalue weighted by molar-refractivity contribution is 5.76. The van der Waals surface area contributed by atoms with Gasteiger partial charge in [-0.3, -0.25) is 9.63 Å². The van der Waals surface area contributed by atoms with Gasteiger partial charge >= 0.3 is 5.97 Å². The Balaban J connectivity index is 1.47. The first kappa shape index (κ1) is 16.1. The van der Waals surface area contributed by atoms with Gasteiger partial charge in [-0.25, -0.2) is 0 Å². The molecule has 0 saturated heterocycles. The number of rotatable bonds is 6. The molecule has 1 aromatic rings. The minimum atomic E-state index is -0.348. The molecule has 4 fully saturated rings. The molecule has 1 aromatic carbocycles. The highest BCUT2D eigenvalue weighted by atomic mass is 16.6. The van der Waals surface area contributed by atoms with Gasteiger partial charge in [-0.15, -0.1) is 0 Å². The Hall–Kier alpha value is -1.39. The summed E-state index contributed by atoms with van der Waals surface area (Å²) in [4.78, 5) is 18.2. The molecule has 4 nitrogen and oxygen atoms in total. The lowest BCUT2D eigenvalue weighted by Gasteiger charge is -2.58. The van der Waals surface area contributed by atoms with E-state index in [-0.39, 0.29) is 17.4 Å². The van der Waals surface area contributed by atoms with Gasteiger partial charge in [0.25, 0.3) is 0 Å². The molecule has 4 saturated carbocycles. The Morgan fingerprint density at radius 1 is 1.12 bits per heavy atom. The molecule has 24 heavy (non-hydrogen) atoms. The van der Waals surface area contributed by atoms with Crippen molar-refractivity contribution in [1.82, 2.24) is 5.48 Å². The van der Waals surface area contributed by atoms with E-state index in [1.54, 1.807) is 0 Å². The van der Waals surface area contributed by atoms with E-state index in [2.05, 4.69) is 5.48 Å². The van der Waals surface area contributed by atoms with E-state index in [4.69, 9.17) is 9.57 Å². The number of hydrogen-bond donors (Lipinski definition) is 1. The van der Waals surface area contributed by atoms with Crippen molar-refractivity contribution in [3.05, 3.63) is 35.9 Å². The smallest absolute Gasteiger partial charge is 0.325 e. The molecule has 1 unspecified atom stereocenters. The summed E-state index contributed by atoms with van der Waals surface area (Å²) < 4.78 is 5.12. The number of esters is 1. The molecule has 130 valence electrons. The van der Waals surface area contributed by atoms with Crippen LogP contribution in [0.5, 0.6) is 0 Å². The van der Waals surface area contributed by atoms with Crippen molar-refractivity contribution in [2.24, 2.45) is 23.2 Å². The van der Waals surface area contributed by atoms with Gasteiger partial charge in [-0.2, -0.15) is 5.48 Å². The van der Waals surface area contributed by atoms with E-state index in [9.17, 15) is 4.79 Å². The normalized spacial score (nSPS) is 35.0. The fourth-order valence-electron chi connectivity index (χ4n) is 5.85. The van der Waals surface area contributed by atoms with Crippen LogP contribution in [0.2, 0.25) is 0 Å². The monoisotopic (exact) mass is 329 g/mol. The van der Waals surface area contributed by atoms with Gasteiger partial charge in [0, 0.05) is 0 Å². The molecule has 0 spiro atoms. The highest BCUT2D eigenvalue weighted by Gasteiger charge is 2.56. The fourth-order valence-corrected chi connectivity index (χ4v) is 5.85. The van der Waals surface area contributed by atoms with E-state index < -0.39 is 0 Å². The number of hydroxylamine groups is 1. The average Bonchev–Trinajstić information content (AvgIpc) is 2.57. The molecule has 4 bridgehead atoms. The molecule has 0 aromatic heterocycles. The van der Waals surface area contributed by atoms with Crippen molar-refractivity contribution in [3.8, 4) is 0 Å². The lowest BCUT2D eigenvalue weighted by molar-refractivity contribution is -0.167. The van der Waals surface area contributed by atoms with Gasteiger partial charge in [0.15, 0.2) is 0 Å². The third-order valence-electron chi connectivity index (χ3n) is 6.42. The first-order valence-electron chi connectivity index (χ1n) is 9.17. The Kier molecular flexibility index (Phi) is 4.35. The van der Waals surface area contributed by atoms with Crippen LogP contribution in [0.1, 0.15) is 44.1 Å². The van der Waals surface area contributed by atoms with Crippen LogP contribution in [-0.2, 0) is 21.0 Å². The quantitative estimate of drug-likeness (QED) is 0.641. The zero-order chi connectivity index (χ0) is 16.6. The molecular formula is C20H27NO3. The minimum absolute atomic E-state index is 0.0263. The number of benzene rings is 1. The second kappa shape index (κ2) is 6.49. The lowest BCUT2D eigenvalue weighted by atomic mass is 9.48. The Bertz CT molecular complexity index is 551. The number of hydrogen-bond acceptors (Lipinski definition) is 4. The molecule has 1 N–H and O–H groups in total. The summed E-state index contributed by atoms with van der Waals surface area (Å²) in [6, 6.07) is 9.69. The summed E-state index contributed by atoms with van der Waals surface area (Å²) in [6.07, 6.45) is 7.50.